The molecule has 3 rings (SSSR count). The van der Waals surface area contributed by atoms with Crippen molar-refractivity contribution < 1.29 is 0 Å². The van der Waals surface area contributed by atoms with Gasteiger partial charge >= 0.3 is 0 Å². The van der Waals surface area contributed by atoms with Gasteiger partial charge in [0.2, 0.25) is 0 Å². The van der Waals surface area contributed by atoms with Gasteiger partial charge in [0.1, 0.15) is 5.82 Å². The number of aromatic nitrogens is 2. The molecule has 1 fully saturated rings. The summed E-state index contributed by atoms with van der Waals surface area (Å²) >= 11 is 0. The van der Waals surface area contributed by atoms with Crippen LogP contribution in [-0.4, -0.2) is 16.5 Å². The molecule has 0 aliphatic heterocycles. The van der Waals surface area contributed by atoms with E-state index in [9.17, 15) is 0 Å². The lowest BCUT2D eigenvalue weighted by Gasteiger charge is -2.12. The van der Waals surface area contributed by atoms with Crippen LogP contribution in [0.15, 0.2) is 30.5 Å². The van der Waals surface area contributed by atoms with Crippen molar-refractivity contribution in [3.05, 3.63) is 47.4 Å². The van der Waals surface area contributed by atoms with E-state index in [1.807, 2.05) is 12.3 Å². The fourth-order valence-corrected chi connectivity index (χ4v) is 2.35. The molecule has 2 aromatic rings. The second-order valence-electron chi connectivity index (χ2n) is 5.55. The van der Waals surface area contributed by atoms with Crippen molar-refractivity contribution in [2.24, 2.45) is 5.73 Å². The maximum absolute atomic E-state index is 5.85. The Hall–Kier alpha value is -1.74. The van der Waals surface area contributed by atoms with Crippen LogP contribution in [0.5, 0.6) is 0 Å². The number of rotatable bonds is 3. The Kier molecular flexibility index (Phi) is 2.86. The summed E-state index contributed by atoms with van der Waals surface area (Å²) in [7, 11) is 0. The summed E-state index contributed by atoms with van der Waals surface area (Å²) < 4.78 is 0. The third-order valence-corrected chi connectivity index (χ3v) is 4.18. The summed E-state index contributed by atoms with van der Waals surface area (Å²) in [4.78, 5) is 9.15. The highest BCUT2D eigenvalue weighted by Gasteiger charge is 2.45. The molecule has 19 heavy (non-hydrogen) atoms. The van der Waals surface area contributed by atoms with Gasteiger partial charge < -0.3 is 5.73 Å². The third kappa shape index (κ3) is 2.15. The van der Waals surface area contributed by atoms with Crippen molar-refractivity contribution in [1.29, 1.82) is 0 Å². The zero-order valence-corrected chi connectivity index (χ0v) is 11.5. The normalized spacial score (nSPS) is 16.4. The van der Waals surface area contributed by atoms with Crippen LogP contribution < -0.4 is 5.73 Å². The minimum atomic E-state index is 0.0513. The summed E-state index contributed by atoms with van der Waals surface area (Å²) in [5.74, 6) is 0.908. The molecule has 0 saturated heterocycles. The summed E-state index contributed by atoms with van der Waals surface area (Å²) in [6.07, 6.45) is 4.07. The molecular formula is C16H19N3. The molecule has 0 bridgehead atoms. The van der Waals surface area contributed by atoms with Crippen molar-refractivity contribution >= 4 is 0 Å². The van der Waals surface area contributed by atoms with Crippen molar-refractivity contribution in [1.82, 2.24) is 9.97 Å². The first-order valence-corrected chi connectivity index (χ1v) is 6.76. The van der Waals surface area contributed by atoms with Gasteiger partial charge in [-0.2, -0.15) is 0 Å². The number of aryl methyl sites for hydroxylation is 2. The predicted octanol–water partition coefficient (Wildman–Crippen LogP) is 2.75. The molecule has 1 heterocycles. The molecule has 1 aliphatic carbocycles. The quantitative estimate of drug-likeness (QED) is 0.915. The van der Waals surface area contributed by atoms with Crippen LogP contribution in [0.1, 0.15) is 29.8 Å². The maximum atomic E-state index is 5.85. The fourth-order valence-electron chi connectivity index (χ4n) is 2.35. The maximum Gasteiger partial charge on any atom is 0.136 e. The van der Waals surface area contributed by atoms with E-state index in [0.29, 0.717) is 6.54 Å². The van der Waals surface area contributed by atoms with Crippen molar-refractivity contribution in [2.75, 3.05) is 6.54 Å². The van der Waals surface area contributed by atoms with Crippen molar-refractivity contribution in [3.8, 4) is 11.3 Å². The highest BCUT2D eigenvalue weighted by molar-refractivity contribution is 5.60. The first-order chi connectivity index (χ1) is 9.14. The molecule has 3 heteroatoms. The molecule has 0 atom stereocenters. The molecule has 0 unspecified atom stereocenters. The molecule has 1 aromatic carbocycles. The monoisotopic (exact) mass is 253 g/mol. The van der Waals surface area contributed by atoms with E-state index in [2.05, 4.69) is 37.0 Å². The van der Waals surface area contributed by atoms with Gasteiger partial charge in [0.05, 0.1) is 5.69 Å². The Morgan fingerprint density at radius 3 is 2.58 bits per heavy atom. The molecule has 1 aromatic heterocycles. The molecule has 98 valence electrons. The number of benzene rings is 1. The van der Waals surface area contributed by atoms with Crippen LogP contribution in [0.2, 0.25) is 0 Å². The summed E-state index contributed by atoms with van der Waals surface area (Å²) in [5, 5.41) is 0. The van der Waals surface area contributed by atoms with Crippen molar-refractivity contribution in [2.45, 2.75) is 32.1 Å². The van der Waals surface area contributed by atoms with E-state index in [1.165, 1.54) is 11.1 Å². The van der Waals surface area contributed by atoms with Gasteiger partial charge in [-0.05, 0) is 49.9 Å². The third-order valence-electron chi connectivity index (χ3n) is 4.18. The predicted molar refractivity (Wildman–Crippen MR) is 76.9 cm³/mol. The molecule has 0 amide bonds. The fraction of sp³-hybridized carbons (Fsp3) is 0.375. The zero-order valence-electron chi connectivity index (χ0n) is 11.5. The number of nitrogens with two attached hydrogens (primary N) is 1. The largest absolute Gasteiger partial charge is 0.329 e. The van der Waals surface area contributed by atoms with E-state index in [-0.39, 0.29) is 5.41 Å². The smallest absolute Gasteiger partial charge is 0.136 e. The first-order valence-electron chi connectivity index (χ1n) is 6.76. The van der Waals surface area contributed by atoms with Crippen LogP contribution in [-0.2, 0) is 5.41 Å². The summed E-state index contributed by atoms with van der Waals surface area (Å²) in [6, 6.07) is 8.42. The second kappa shape index (κ2) is 4.42. The second-order valence-corrected chi connectivity index (χ2v) is 5.55. The average molecular weight is 253 g/mol. The van der Waals surface area contributed by atoms with Gasteiger partial charge in [-0.1, -0.05) is 12.1 Å². The highest BCUT2D eigenvalue weighted by Crippen LogP contribution is 2.45. The molecule has 1 aliphatic rings. The van der Waals surface area contributed by atoms with Crippen LogP contribution in [0.3, 0.4) is 0 Å². The van der Waals surface area contributed by atoms with Gasteiger partial charge in [0, 0.05) is 23.7 Å². The van der Waals surface area contributed by atoms with Crippen molar-refractivity contribution in [3.63, 3.8) is 0 Å². The lowest BCUT2D eigenvalue weighted by Crippen LogP contribution is -2.22. The van der Waals surface area contributed by atoms with Gasteiger partial charge in [0.25, 0.3) is 0 Å². The molecule has 3 nitrogen and oxygen atoms in total. The van der Waals surface area contributed by atoms with Gasteiger partial charge in [0.15, 0.2) is 0 Å². The Morgan fingerprint density at radius 2 is 1.95 bits per heavy atom. The summed E-state index contributed by atoms with van der Waals surface area (Å²) in [5.41, 5.74) is 10.6. The van der Waals surface area contributed by atoms with Gasteiger partial charge in [-0.25, -0.2) is 9.97 Å². The summed E-state index contributed by atoms with van der Waals surface area (Å²) in [6.45, 7) is 4.89. The van der Waals surface area contributed by atoms with Gasteiger partial charge in [-0.15, -0.1) is 0 Å². The lowest BCUT2D eigenvalue weighted by atomic mass is 10.0. The van der Waals surface area contributed by atoms with Gasteiger partial charge in [-0.3, -0.25) is 0 Å². The van der Waals surface area contributed by atoms with Crippen LogP contribution >= 0.6 is 0 Å². The van der Waals surface area contributed by atoms with Crippen LogP contribution in [0.25, 0.3) is 11.3 Å². The minimum Gasteiger partial charge on any atom is -0.329 e. The van der Waals surface area contributed by atoms with E-state index < -0.39 is 0 Å². The lowest BCUT2D eigenvalue weighted by molar-refractivity contribution is 0.649. The Balaban J connectivity index is 2.01. The SMILES string of the molecule is Cc1ccc(-c2ccnc(C3(CN)CC3)n2)cc1C. The molecule has 0 radical (unpaired) electrons. The van der Waals surface area contributed by atoms with Crippen LogP contribution in [0, 0.1) is 13.8 Å². The van der Waals surface area contributed by atoms with E-state index >= 15 is 0 Å². The topological polar surface area (TPSA) is 51.8 Å². The first kappa shape index (κ1) is 12.3. The molecule has 0 spiro atoms. The minimum absolute atomic E-state index is 0.0513. The highest BCUT2D eigenvalue weighted by atomic mass is 14.9. The Morgan fingerprint density at radius 1 is 1.16 bits per heavy atom. The van der Waals surface area contributed by atoms with Crippen LogP contribution in [0.4, 0.5) is 0 Å². The zero-order chi connectivity index (χ0) is 13.5. The molecule has 1 saturated carbocycles. The Bertz CT molecular complexity index is 615. The number of nitrogens with zero attached hydrogens (tertiary/aromatic N) is 2. The Labute approximate surface area is 113 Å². The van der Waals surface area contributed by atoms with E-state index in [0.717, 1.165) is 29.9 Å². The standard InChI is InChI=1S/C16H19N3/c1-11-3-4-13(9-12(11)2)14-5-8-18-15(19-14)16(10-17)6-7-16/h3-5,8-9H,6-7,10,17H2,1-2H3. The molecular weight excluding hydrogens is 234 g/mol. The van der Waals surface area contributed by atoms with E-state index in [1.54, 1.807) is 0 Å². The number of hydrogen-bond acceptors (Lipinski definition) is 3. The average Bonchev–Trinajstić information content (AvgIpc) is 3.23. The van der Waals surface area contributed by atoms with E-state index in [4.69, 9.17) is 10.7 Å². The molecule has 2 N–H and O–H groups in total. The number of hydrogen-bond donors (Lipinski definition) is 1.